The molecule has 1 fully saturated rings. The van der Waals surface area contributed by atoms with Crippen molar-refractivity contribution in [1.82, 2.24) is 14.9 Å². The summed E-state index contributed by atoms with van der Waals surface area (Å²) in [4.78, 5) is 4.39. The molecule has 0 bridgehead atoms. The minimum absolute atomic E-state index is 0.707. The third-order valence-electron chi connectivity index (χ3n) is 3.71. The van der Waals surface area contributed by atoms with E-state index in [1.807, 2.05) is 6.20 Å². The zero-order valence-electron chi connectivity index (χ0n) is 10.4. The van der Waals surface area contributed by atoms with Crippen molar-refractivity contribution in [2.75, 3.05) is 0 Å². The molecule has 0 spiro atoms. The van der Waals surface area contributed by atoms with Crippen LogP contribution in [0.1, 0.15) is 45.4 Å². The summed E-state index contributed by atoms with van der Waals surface area (Å²) in [5, 5.41) is 3.64. The number of nitrogens with one attached hydrogen (secondary N) is 1. The minimum Gasteiger partial charge on any atom is -0.334 e. The Kier molecular flexibility index (Phi) is 3.99. The van der Waals surface area contributed by atoms with E-state index in [0.29, 0.717) is 6.04 Å². The molecule has 16 heavy (non-hydrogen) atoms. The summed E-state index contributed by atoms with van der Waals surface area (Å²) < 4.78 is 2.21. The van der Waals surface area contributed by atoms with Gasteiger partial charge in [0.15, 0.2) is 0 Å². The Morgan fingerprint density at radius 3 is 2.81 bits per heavy atom. The Morgan fingerprint density at radius 1 is 1.38 bits per heavy atom. The van der Waals surface area contributed by atoms with Gasteiger partial charge in [0.25, 0.3) is 0 Å². The van der Waals surface area contributed by atoms with E-state index in [1.54, 1.807) is 0 Å². The summed E-state index contributed by atoms with van der Waals surface area (Å²) in [6, 6.07) is 0.707. The molecule has 1 aliphatic carbocycles. The molecule has 0 saturated heterocycles. The van der Waals surface area contributed by atoms with Gasteiger partial charge in [-0.05, 0) is 38.5 Å². The van der Waals surface area contributed by atoms with Gasteiger partial charge in [-0.15, -0.1) is 0 Å². The summed E-state index contributed by atoms with van der Waals surface area (Å²) in [6.45, 7) is 6.45. The molecule has 1 saturated carbocycles. The van der Waals surface area contributed by atoms with Gasteiger partial charge in [0.05, 0.1) is 6.54 Å². The van der Waals surface area contributed by atoms with E-state index in [4.69, 9.17) is 0 Å². The Morgan fingerprint density at radius 2 is 2.12 bits per heavy atom. The maximum absolute atomic E-state index is 4.39. The van der Waals surface area contributed by atoms with Crippen LogP contribution in [-0.4, -0.2) is 15.6 Å². The van der Waals surface area contributed by atoms with Gasteiger partial charge >= 0.3 is 0 Å². The second-order valence-corrected chi connectivity index (χ2v) is 4.97. The van der Waals surface area contributed by atoms with Crippen molar-refractivity contribution in [2.45, 2.75) is 58.7 Å². The van der Waals surface area contributed by atoms with Crippen LogP contribution in [0, 0.1) is 5.92 Å². The van der Waals surface area contributed by atoms with E-state index in [0.717, 1.165) is 19.0 Å². The maximum Gasteiger partial charge on any atom is 0.122 e. The van der Waals surface area contributed by atoms with Crippen molar-refractivity contribution in [3.05, 3.63) is 18.2 Å². The van der Waals surface area contributed by atoms with Crippen LogP contribution in [0.2, 0.25) is 0 Å². The Bertz CT molecular complexity index is 311. The third kappa shape index (κ3) is 2.85. The molecule has 0 radical (unpaired) electrons. The first-order valence-electron chi connectivity index (χ1n) is 6.53. The van der Waals surface area contributed by atoms with Crippen molar-refractivity contribution in [3.63, 3.8) is 0 Å². The van der Waals surface area contributed by atoms with Crippen molar-refractivity contribution >= 4 is 0 Å². The second-order valence-electron chi connectivity index (χ2n) is 4.97. The molecule has 2 rings (SSSR count). The maximum atomic E-state index is 4.39. The summed E-state index contributed by atoms with van der Waals surface area (Å²) >= 11 is 0. The number of rotatable bonds is 4. The fourth-order valence-corrected chi connectivity index (χ4v) is 2.49. The van der Waals surface area contributed by atoms with Crippen LogP contribution in [0.25, 0.3) is 0 Å². The van der Waals surface area contributed by atoms with Crippen molar-refractivity contribution in [2.24, 2.45) is 5.92 Å². The molecule has 1 aromatic heterocycles. The zero-order valence-corrected chi connectivity index (χ0v) is 10.4. The van der Waals surface area contributed by atoms with Crippen LogP contribution >= 0.6 is 0 Å². The fourth-order valence-electron chi connectivity index (χ4n) is 2.49. The Hall–Kier alpha value is -0.830. The van der Waals surface area contributed by atoms with E-state index in [2.05, 4.69) is 34.9 Å². The van der Waals surface area contributed by atoms with Crippen molar-refractivity contribution < 1.29 is 0 Å². The molecular formula is C13H23N3. The van der Waals surface area contributed by atoms with Gasteiger partial charge in [0.2, 0.25) is 0 Å². The second kappa shape index (κ2) is 5.48. The molecule has 0 unspecified atom stereocenters. The summed E-state index contributed by atoms with van der Waals surface area (Å²) in [6.07, 6.45) is 9.35. The molecule has 0 amide bonds. The first-order chi connectivity index (χ1) is 7.79. The molecule has 1 heterocycles. The van der Waals surface area contributed by atoms with Crippen LogP contribution in [0.5, 0.6) is 0 Å². The highest BCUT2D eigenvalue weighted by Crippen LogP contribution is 2.23. The predicted octanol–water partition coefficient (Wildman–Crippen LogP) is 2.57. The van der Waals surface area contributed by atoms with Gasteiger partial charge in [-0.2, -0.15) is 0 Å². The standard InChI is InChI=1S/C13H23N3/c1-3-16-9-8-14-13(16)10-15-12-6-4-11(2)5-7-12/h8-9,11-12,15H,3-7,10H2,1-2H3. The highest BCUT2D eigenvalue weighted by Gasteiger charge is 2.17. The number of aryl methyl sites for hydroxylation is 1. The highest BCUT2D eigenvalue weighted by atomic mass is 15.1. The molecule has 3 heteroatoms. The molecular weight excluding hydrogens is 198 g/mol. The van der Waals surface area contributed by atoms with Crippen LogP contribution in [0.15, 0.2) is 12.4 Å². The molecule has 0 aromatic carbocycles. The topological polar surface area (TPSA) is 29.9 Å². The number of aromatic nitrogens is 2. The largest absolute Gasteiger partial charge is 0.334 e. The molecule has 3 nitrogen and oxygen atoms in total. The van der Waals surface area contributed by atoms with Crippen molar-refractivity contribution in [3.8, 4) is 0 Å². The van der Waals surface area contributed by atoms with E-state index >= 15 is 0 Å². The molecule has 1 aromatic rings. The van der Waals surface area contributed by atoms with Gasteiger partial charge in [0.1, 0.15) is 5.82 Å². The minimum atomic E-state index is 0.707. The first kappa shape index (κ1) is 11.6. The average Bonchev–Trinajstić information content (AvgIpc) is 2.76. The fraction of sp³-hybridized carbons (Fsp3) is 0.769. The van der Waals surface area contributed by atoms with E-state index in [1.165, 1.54) is 31.5 Å². The molecule has 1 N–H and O–H groups in total. The normalized spacial score (nSPS) is 25.9. The smallest absolute Gasteiger partial charge is 0.122 e. The van der Waals surface area contributed by atoms with Gasteiger partial charge in [-0.1, -0.05) is 6.92 Å². The van der Waals surface area contributed by atoms with Crippen LogP contribution < -0.4 is 5.32 Å². The van der Waals surface area contributed by atoms with Gasteiger partial charge in [-0.25, -0.2) is 4.98 Å². The lowest BCUT2D eigenvalue weighted by molar-refractivity contribution is 0.304. The number of hydrogen-bond acceptors (Lipinski definition) is 2. The SMILES string of the molecule is CCn1ccnc1CNC1CCC(C)CC1. The van der Waals surface area contributed by atoms with Crippen LogP contribution in [-0.2, 0) is 13.1 Å². The number of hydrogen-bond donors (Lipinski definition) is 1. The summed E-state index contributed by atoms with van der Waals surface area (Å²) in [5.74, 6) is 2.09. The lowest BCUT2D eigenvalue weighted by Crippen LogP contribution is -2.33. The van der Waals surface area contributed by atoms with Crippen molar-refractivity contribution in [1.29, 1.82) is 0 Å². The van der Waals surface area contributed by atoms with Gasteiger partial charge in [-0.3, -0.25) is 0 Å². The lowest BCUT2D eigenvalue weighted by Gasteiger charge is -2.26. The monoisotopic (exact) mass is 221 g/mol. The first-order valence-corrected chi connectivity index (χ1v) is 6.53. The van der Waals surface area contributed by atoms with E-state index in [-0.39, 0.29) is 0 Å². The Balaban J connectivity index is 1.79. The summed E-state index contributed by atoms with van der Waals surface area (Å²) in [7, 11) is 0. The quantitative estimate of drug-likeness (QED) is 0.847. The number of imidazole rings is 1. The third-order valence-corrected chi connectivity index (χ3v) is 3.71. The molecule has 0 aliphatic heterocycles. The van der Waals surface area contributed by atoms with Gasteiger partial charge in [0, 0.05) is 25.0 Å². The highest BCUT2D eigenvalue weighted by molar-refractivity contribution is 4.92. The Labute approximate surface area is 98.3 Å². The molecule has 0 atom stereocenters. The summed E-state index contributed by atoms with van der Waals surface area (Å²) in [5.41, 5.74) is 0. The molecule has 1 aliphatic rings. The van der Waals surface area contributed by atoms with Crippen LogP contribution in [0.4, 0.5) is 0 Å². The molecule has 90 valence electrons. The average molecular weight is 221 g/mol. The van der Waals surface area contributed by atoms with E-state index < -0.39 is 0 Å². The van der Waals surface area contributed by atoms with E-state index in [9.17, 15) is 0 Å². The zero-order chi connectivity index (χ0) is 11.4. The van der Waals surface area contributed by atoms with Crippen LogP contribution in [0.3, 0.4) is 0 Å². The predicted molar refractivity (Wildman–Crippen MR) is 66.2 cm³/mol. The van der Waals surface area contributed by atoms with Gasteiger partial charge < -0.3 is 9.88 Å². The number of nitrogens with zero attached hydrogens (tertiary/aromatic N) is 2. The lowest BCUT2D eigenvalue weighted by atomic mass is 9.87.